The van der Waals surface area contributed by atoms with E-state index in [1.54, 1.807) is 18.2 Å². The summed E-state index contributed by atoms with van der Waals surface area (Å²) in [4.78, 5) is 25.5. The number of nitrogens with one attached hydrogen (secondary N) is 3. The van der Waals surface area contributed by atoms with Gasteiger partial charge in [-0.2, -0.15) is 0 Å². The fourth-order valence-electron chi connectivity index (χ4n) is 3.23. The number of rotatable bonds is 7. The van der Waals surface area contributed by atoms with E-state index >= 15 is 0 Å². The molecule has 8 heteroatoms. The van der Waals surface area contributed by atoms with Gasteiger partial charge in [-0.3, -0.25) is 10.1 Å². The largest absolute Gasteiger partial charge is 0.486 e. The van der Waals surface area contributed by atoms with Gasteiger partial charge in [-0.15, -0.1) is 0 Å². The van der Waals surface area contributed by atoms with Crippen molar-refractivity contribution in [1.82, 2.24) is 5.32 Å². The molecule has 5 N–H and O–H groups in total. The number of fused-ring (bicyclic) bond motifs is 1. The van der Waals surface area contributed by atoms with E-state index in [1.165, 1.54) is 10.5 Å². The number of hydrogen-bond acceptors (Lipinski definition) is 4. The van der Waals surface area contributed by atoms with Gasteiger partial charge in [0.1, 0.15) is 19.8 Å². The molecule has 3 amide bonds. The van der Waals surface area contributed by atoms with Crippen molar-refractivity contribution in [2.45, 2.75) is 6.04 Å². The molecule has 0 saturated heterocycles. The number of quaternary nitrogens is 2. The summed E-state index contributed by atoms with van der Waals surface area (Å²) in [5.41, 5.74) is 1.75. The lowest BCUT2D eigenvalue weighted by Crippen LogP contribution is -3.09. The number of imide groups is 1. The Morgan fingerprint density at radius 1 is 1.07 bits per heavy atom. The zero-order valence-corrected chi connectivity index (χ0v) is 16.7. The van der Waals surface area contributed by atoms with Crippen LogP contribution in [0.3, 0.4) is 0 Å². The van der Waals surface area contributed by atoms with Crippen LogP contribution in [0.25, 0.3) is 0 Å². The van der Waals surface area contributed by atoms with Gasteiger partial charge in [-0.25, -0.2) is 4.79 Å². The maximum absolute atomic E-state index is 12.1. The van der Waals surface area contributed by atoms with Crippen molar-refractivity contribution in [2.24, 2.45) is 0 Å². The van der Waals surface area contributed by atoms with Gasteiger partial charge in [0.25, 0.3) is 5.91 Å². The summed E-state index contributed by atoms with van der Waals surface area (Å²) in [7, 11) is 4.18. The first-order chi connectivity index (χ1) is 14.0. The Balaban J connectivity index is 1.44. The maximum atomic E-state index is 12.1. The van der Waals surface area contributed by atoms with Gasteiger partial charge >= 0.3 is 6.03 Å². The molecule has 0 bridgehead atoms. The average Bonchev–Trinajstić information content (AvgIpc) is 2.71. The number of anilines is 1. The van der Waals surface area contributed by atoms with E-state index < -0.39 is 6.03 Å². The van der Waals surface area contributed by atoms with Gasteiger partial charge in [0.15, 0.2) is 24.1 Å². The summed E-state index contributed by atoms with van der Waals surface area (Å²) >= 11 is 0. The smallest absolute Gasteiger partial charge is 0.326 e. The van der Waals surface area contributed by atoms with E-state index in [0.717, 1.165) is 6.54 Å². The third-order valence-corrected chi connectivity index (χ3v) is 4.68. The first-order valence-corrected chi connectivity index (χ1v) is 9.70. The lowest BCUT2D eigenvalue weighted by Gasteiger charge is -2.20. The highest BCUT2D eigenvalue weighted by molar-refractivity contribution is 6.01. The second-order valence-corrected chi connectivity index (χ2v) is 7.13. The highest BCUT2D eigenvalue weighted by atomic mass is 16.6. The predicted molar refractivity (Wildman–Crippen MR) is 108 cm³/mol. The minimum atomic E-state index is -0.571. The lowest BCUT2D eigenvalue weighted by molar-refractivity contribution is -0.908. The van der Waals surface area contributed by atoms with Gasteiger partial charge in [-0.05, 0) is 12.1 Å². The molecule has 0 aliphatic carbocycles. The quantitative estimate of drug-likeness (QED) is 0.506. The Labute approximate surface area is 170 Å². The molecule has 2 aromatic carbocycles. The molecule has 0 aromatic heterocycles. The van der Waals surface area contributed by atoms with Crippen LogP contribution in [0.1, 0.15) is 11.6 Å². The number of urea groups is 1. The number of nitrogens with two attached hydrogens (primary N) is 1. The van der Waals surface area contributed by atoms with Crippen LogP contribution in [0.15, 0.2) is 48.5 Å². The van der Waals surface area contributed by atoms with Crippen molar-refractivity contribution in [2.75, 3.05) is 45.7 Å². The first-order valence-electron chi connectivity index (χ1n) is 9.70. The minimum absolute atomic E-state index is 0.172. The molecule has 1 heterocycles. The summed E-state index contributed by atoms with van der Waals surface area (Å²) in [6, 6.07) is 15.0. The molecule has 0 fully saturated rings. The molecule has 154 valence electrons. The third kappa shape index (κ3) is 5.94. The van der Waals surface area contributed by atoms with Crippen LogP contribution in [0.4, 0.5) is 10.5 Å². The highest BCUT2D eigenvalue weighted by Gasteiger charge is 2.20. The highest BCUT2D eigenvalue weighted by Crippen LogP contribution is 2.32. The number of hydrogen-bond donors (Lipinski definition) is 4. The standard InChI is InChI=1S/C21H26N4O4/c1-25(2)17(15-6-4-3-5-7-15)13-22-14-20(26)24-21(27)23-16-8-9-18-19(12-16)29-11-10-28-18/h3-9,12,17,22H,10-11,13-14H2,1-2H3,(H2,23,24,26,27)/p+2/t17-/m0/s1. The molecule has 0 spiro atoms. The van der Waals surface area contributed by atoms with Crippen LogP contribution in [0.2, 0.25) is 0 Å². The summed E-state index contributed by atoms with van der Waals surface area (Å²) < 4.78 is 10.9. The van der Waals surface area contributed by atoms with E-state index in [0.29, 0.717) is 30.4 Å². The third-order valence-electron chi connectivity index (χ3n) is 4.68. The van der Waals surface area contributed by atoms with Crippen LogP contribution in [0.5, 0.6) is 11.5 Å². The molecule has 2 aromatic rings. The summed E-state index contributed by atoms with van der Waals surface area (Å²) in [6.07, 6.45) is 0. The number of ether oxygens (including phenoxy) is 2. The minimum Gasteiger partial charge on any atom is -0.486 e. The topological polar surface area (TPSA) is 97.7 Å². The fourth-order valence-corrected chi connectivity index (χ4v) is 3.23. The van der Waals surface area contributed by atoms with Gasteiger partial charge in [0.2, 0.25) is 0 Å². The fraction of sp³-hybridized carbons (Fsp3) is 0.333. The number of carbonyl (C=O) groups excluding carboxylic acids is 2. The Bertz CT molecular complexity index is 842. The van der Waals surface area contributed by atoms with Crippen molar-refractivity contribution >= 4 is 17.6 Å². The molecule has 0 saturated carbocycles. The van der Waals surface area contributed by atoms with Crippen LogP contribution in [0, 0.1) is 0 Å². The zero-order valence-electron chi connectivity index (χ0n) is 16.7. The molecule has 1 atom stereocenters. The van der Waals surface area contributed by atoms with Gasteiger partial charge in [0, 0.05) is 17.3 Å². The Kier molecular flexibility index (Phi) is 7.04. The van der Waals surface area contributed by atoms with E-state index in [9.17, 15) is 9.59 Å². The second-order valence-electron chi connectivity index (χ2n) is 7.13. The van der Waals surface area contributed by atoms with Gasteiger partial charge in [0.05, 0.1) is 14.1 Å². The lowest BCUT2D eigenvalue weighted by atomic mass is 10.1. The van der Waals surface area contributed by atoms with E-state index in [-0.39, 0.29) is 18.5 Å². The van der Waals surface area contributed by atoms with E-state index in [2.05, 4.69) is 36.9 Å². The molecule has 29 heavy (non-hydrogen) atoms. The maximum Gasteiger partial charge on any atom is 0.326 e. The second kappa shape index (κ2) is 9.90. The summed E-state index contributed by atoms with van der Waals surface area (Å²) in [5.74, 6) is 0.872. The Morgan fingerprint density at radius 3 is 2.52 bits per heavy atom. The zero-order chi connectivity index (χ0) is 20.6. The molecular weight excluding hydrogens is 372 g/mol. The van der Waals surface area contributed by atoms with Crippen molar-refractivity contribution in [3.63, 3.8) is 0 Å². The van der Waals surface area contributed by atoms with Gasteiger partial charge < -0.3 is 25.0 Å². The average molecular weight is 400 g/mol. The molecule has 0 unspecified atom stereocenters. The molecule has 0 radical (unpaired) electrons. The Morgan fingerprint density at radius 2 is 1.79 bits per heavy atom. The number of likely N-dealkylation sites (N-methyl/N-ethyl adjacent to an activating group) is 1. The van der Waals surface area contributed by atoms with E-state index in [4.69, 9.17) is 9.47 Å². The van der Waals surface area contributed by atoms with Crippen LogP contribution in [-0.4, -0.2) is 52.3 Å². The van der Waals surface area contributed by atoms with Crippen molar-refractivity contribution in [1.29, 1.82) is 0 Å². The van der Waals surface area contributed by atoms with Crippen LogP contribution >= 0.6 is 0 Å². The predicted octanol–water partition coefficient (Wildman–Crippen LogP) is -0.445. The first kappa shape index (κ1) is 20.6. The molecule has 1 aliphatic rings. The summed E-state index contributed by atoms with van der Waals surface area (Å²) in [5, 5.41) is 6.91. The monoisotopic (exact) mass is 400 g/mol. The SMILES string of the molecule is C[NH+](C)[C@@H](C[NH2+]CC(=O)NC(=O)Nc1ccc2c(c1)OCCO2)c1ccccc1. The van der Waals surface area contributed by atoms with Crippen molar-refractivity contribution < 1.29 is 29.3 Å². The van der Waals surface area contributed by atoms with Crippen LogP contribution < -0.4 is 30.3 Å². The number of amides is 3. The van der Waals surface area contributed by atoms with Gasteiger partial charge in [-0.1, -0.05) is 30.3 Å². The Hall–Kier alpha value is -3.10. The van der Waals surface area contributed by atoms with Crippen molar-refractivity contribution in [3.8, 4) is 11.5 Å². The summed E-state index contributed by atoms with van der Waals surface area (Å²) in [6.45, 7) is 1.88. The molecular formula is C21H28N4O4+2. The molecule has 1 aliphatic heterocycles. The molecule has 3 rings (SSSR count). The molecule has 8 nitrogen and oxygen atoms in total. The van der Waals surface area contributed by atoms with Crippen molar-refractivity contribution in [3.05, 3.63) is 54.1 Å². The number of carbonyl (C=O) groups is 2. The normalized spacial score (nSPS) is 13.6. The van der Waals surface area contributed by atoms with Crippen LogP contribution in [-0.2, 0) is 4.79 Å². The van der Waals surface area contributed by atoms with E-state index in [1.807, 2.05) is 23.5 Å². The number of benzene rings is 2.